The molecule has 0 aromatic carbocycles. The first-order chi connectivity index (χ1) is 8.78. The van der Waals surface area contributed by atoms with Gasteiger partial charge in [-0.3, -0.25) is 19.4 Å². The highest BCUT2D eigenvalue weighted by Crippen LogP contribution is 2.06. The van der Waals surface area contributed by atoms with E-state index in [1.54, 1.807) is 42.7 Å². The van der Waals surface area contributed by atoms with Crippen LogP contribution in [0.2, 0.25) is 0 Å². The van der Waals surface area contributed by atoms with E-state index in [4.69, 9.17) is 0 Å². The SMILES string of the molecule is CNC(=O)Cn1cc(NCc2cnccn2)cn1. The van der Waals surface area contributed by atoms with E-state index < -0.39 is 0 Å². The number of anilines is 1. The molecule has 0 saturated carbocycles. The minimum atomic E-state index is -0.0847. The Morgan fingerprint density at radius 3 is 3.00 bits per heavy atom. The lowest BCUT2D eigenvalue weighted by molar-refractivity contribution is -0.121. The molecular formula is C11H14N6O. The van der Waals surface area contributed by atoms with Crippen molar-refractivity contribution in [1.82, 2.24) is 25.1 Å². The molecular weight excluding hydrogens is 232 g/mol. The summed E-state index contributed by atoms with van der Waals surface area (Å²) in [6, 6.07) is 0. The fourth-order valence-electron chi connectivity index (χ4n) is 1.38. The van der Waals surface area contributed by atoms with Crippen molar-refractivity contribution in [2.45, 2.75) is 13.1 Å². The third-order valence-corrected chi connectivity index (χ3v) is 2.31. The molecule has 0 aliphatic heterocycles. The fraction of sp³-hybridized carbons (Fsp3) is 0.273. The maximum Gasteiger partial charge on any atom is 0.241 e. The van der Waals surface area contributed by atoms with Gasteiger partial charge in [-0.2, -0.15) is 5.10 Å². The second kappa shape index (κ2) is 5.76. The molecule has 94 valence electrons. The predicted molar refractivity (Wildman–Crippen MR) is 65.7 cm³/mol. The van der Waals surface area contributed by atoms with Crippen molar-refractivity contribution >= 4 is 11.6 Å². The molecule has 0 unspecified atom stereocenters. The molecule has 2 rings (SSSR count). The number of hydrogen-bond donors (Lipinski definition) is 2. The molecule has 0 atom stereocenters. The van der Waals surface area contributed by atoms with Gasteiger partial charge in [0.15, 0.2) is 0 Å². The predicted octanol–water partition coefficient (Wildman–Crippen LogP) is 0.0312. The van der Waals surface area contributed by atoms with Crippen molar-refractivity contribution in [3.63, 3.8) is 0 Å². The van der Waals surface area contributed by atoms with E-state index in [2.05, 4.69) is 25.7 Å². The van der Waals surface area contributed by atoms with Crippen LogP contribution in [-0.2, 0) is 17.9 Å². The van der Waals surface area contributed by atoms with Crippen LogP contribution >= 0.6 is 0 Å². The average molecular weight is 246 g/mol. The van der Waals surface area contributed by atoms with E-state index in [1.807, 2.05) is 0 Å². The maximum absolute atomic E-state index is 11.2. The van der Waals surface area contributed by atoms with Gasteiger partial charge in [0.2, 0.25) is 5.91 Å². The van der Waals surface area contributed by atoms with Gasteiger partial charge in [0.25, 0.3) is 0 Å². The van der Waals surface area contributed by atoms with Crippen LogP contribution < -0.4 is 10.6 Å². The van der Waals surface area contributed by atoms with Crippen LogP contribution in [0.1, 0.15) is 5.69 Å². The Hall–Kier alpha value is -2.44. The number of carbonyl (C=O) groups excluding carboxylic acids is 1. The highest BCUT2D eigenvalue weighted by molar-refractivity contribution is 5.75. The van der Waals surface area contributed by atoms with Crippen molar-refractivity contribution in [2.24, 2.45) is 0 Å². The molecule has 0 aliphatic rings. The van der Waals surface area contributed by atoms with Gasteiger partial charge in [-0.15, -0.1) is 0 Å². The number of aromatic nitrogens is 4. The molecule has 0 bridgehead atoms. The quantitative estimate of drug-likeness (QED) is 0.777. The molecule has 2 aromatic heterocycles. The first kappa shape index (κ1) is 12.0. The summed E-state index contributed by atoms with van der Waals surface area (Å²) in [5, 5.41) is 9.77. The topological polar surface area (TPSA) is 84.7 Å². The van der Waals surface area contributed by atoms with Gasteiger partial charge in [0.1, 0.15) is 6.54 Å². The summed E-state index contributed by atoms with van der Waals surface area (Å²) in [6.07, 6.45) is 8.41. The monoisotopic (exact) mass is 246 g/mol. The summed E-state index contributed by atoms with van der Waals surface area (Å²) >= 11 is 0. The van der Waals surface area contributed by atoms with Crippen molar-refractivity contribution < 1.29 is 4.79 Å². The van der Waals surface area contributed by atoms with Crippen LogP contribution in [-0.4, -0.2) is 32.7 Å². The number of carbonyl (C=O) groups is 1. The van der Waals surface area contributed by atoms with E-state index in [-0.39, 0.29) is 12.5 Å². The number of likely N-dealkylation sites (N-methyl/N-ethyl adjacent to an activating group) is 1. The van der Waals surface area contributed by atoms with E-state index in [0.717, 1.165) is 11.4 Å². The zero-order chi connectivity index (χ0) is 12.8. The maximum atomic E-state index is 11.2. The van der Waals surface area contributed by atoms with Gasteiger partial charge in [-0.05, 0) is 0 Å². The Bertz CT molecular complexity index is 509. The van der Waals surface area contributed by atoms with Gasteiger partial charge >= 0.3 is 0 Å². The Labute approximate surface area is 104 Å². The fourth-order valence-corrected chi connectivity index (χ4v) is 1.38. The number of rotatable bonds is 5. The summed E-state index contributed by atoms with van der Waals surface area (Å²) < 4.78 is 1.57. The summed E-state index contributed by atoms with van der Waals surface area (Å²) in [4.78, 5) is 19.3. The summed E-state index contributed by atoms with van der Waals surface area (Å²) in [5.41, 5.74) is 1.68. The third kappa shape index (κ3) is 3.27. The molecule has 1 amide bonds. The highest BCUT2D eigenvalue weighted by Gasteiger charge is 2.02. The van der Waals surface area contributed by atoms with Crippen molar-refractivity contribution in [3.05, 3.63) is 36.7 Å². The molecule has 7 nitrogen and oxygen atoms in total. The van der Waals surface area contributed by atoms with Crippen LogP contribution in [0.5, 0.6) is 0 Å². The summed E-state index contributed by atoms with van der Waals surface area (Å²) in [7, 11) is 1.60. The summed E-state index contributed by atoms with van der Waals surface area (Å²) in [5.74, 6) is -0.0847. The molecule has 2 aromatic rings. The Morgan fingerprint density at radius 2 is 2.28 bits per heavy atom. The second-order valence-corrected chi connectivity index (χ2v) is 3.65. The second-order valence-electron chi connectivity index (χ2n) is 3.65. The zero-order valence-corrected chi connectivity index (χ0v) is 10.00. The first-order valence-corrected chi connectivity index (χ1v) is 5.49. The van der Waals surface area contributed by atoms with Gasteiger partial charge in [0.05, 0.1) is 30.3 Å². The smallest absolute Gasteiger partial charge is 0.241 e. The lowest BCUT2D eigenvalue weighted by atomic mass is 10.4. The molecule has 2 heterocycles. The van der Waals surface area contributed by atoms with E-state index in [1.165, 1.54) is 0 Å². The van der Waals surface area contributed by atoms with Crippen molar-refractivity contribution in [1.29, 1.82) is 0 Å². The largest absolute Gasteiger partial charge is 0.377 e. The molecule has 0 fully saturated rings. The third-order valence-electron chi connectivity index (χ3n) is 2.31. The van der Waals surface area contributed by atoms with Crippen LogP contribution in [0.4, 0.5) is 5.69 Å². The summed E-state index contributed by atoms with van der Waals surface area (Å²) in [6.45, 7) is 0.781. The number of hydrogen-bond acceptors (Lipinski definition) is 5. The van der Waals surface area contributed by atoms with Gasteiger partial charge in [-0.25, -0.2) is 0 Å². The van der Waals surface area contributed by atoms with Crippen LogP contribution in [0, 0.1) is 0 Å². The van der Waals surface area contributed by atoms with Crippen LogP contribution in [0.3, 0.4) is 0 Å². The Kier molecular flexibility index (Phi) is 3.85. The molecule has 0 radical (unpaired) electrons. The highest BCUT2D eigenvalue weighted by atomic mass is 16.1. The van der Waals surface area contributed by atoms with E-state index in [0.29, 0.717) is 6.54 Å². The number of nitrogens with one attached hydrogen (secondary N) is 2. The lowest BCUT2D eigenvalue weighted by Crippen LogP contribution is -2.23. The van der Waals surface area contributed by atoms with Crippen LogP contribution in [0.25, 0.3) is 0 Å². The van der Waals surface area contributed by atoms with E-state index in [9.17, 15) is 4.79 Å². The number of nitrogens with zero attached hydrogens (tertiary/aromatic N) is 4. The first-order valence-electron chi connectivity index (χ1n) is 5.49. The molecule has 0 spiro atoms. The normalized spacial score (nSPS) is 10.1. The van der Waals surface area contributed by atoms with Crippen LogP contribution in [0.15, 0.2) is 31.0 Å². The lowest BCUT2D eigenvalue weighted by Gasteiger charge is -2.02. The van der Waals surface area contributed by atoms with Gasteiger partial charge < -0.3 is 10.6 Å². The Morgan fingerprint density at radius 1 is 1.39 bits per heavy atom. The molecule has 0 aliphatic carbocycles. The number of amides is 1. The molecule has 18 heavy (non-hydrogen) atoms. The molecule has 2 N–H and O–H groups in total. The molecule has 0 saturated heterocycles. The zero-order valence-electron chi connectivity index (χ0n) is 10.00. The van der Waals surface area contributed by atoms with Gasteiger partial charge in [-0.1, -0.05) is 0 Å². The standard InChI is InChI=1S/C11H14N6O/c1-12-11(18)8-17-7-10(6-16-17)15-5-9-4-13-2-3-14-9/h2-4,6-7,15H,5,8H2,1H3,(H,12,18). The minimum Gasteiger partial charge on any atom is -0.377 e. The minimum absolute atomic E-state index is 0.0847. The average Bonchev–Trinajstić information content (AvgIpc) is 2.85. The van der Waals surface area contributed by atoms with Crippen molar-refractivity contribution in [2.75, 3.05) is 12.4 Å². The molecule has 7 heteroatoms. The van der Waals surface area contributed by atoms with E-state index >= 15 is 0 Å². The van der Waals surface area contributed by atoms with Gasteiger partial charge in [0, 0.05) is 25.6 Å². The Balaban J connectivity index is 1.89. The van der Waals surface area contributed by atoms with Crippen molar-refractivity contribution in [3.8, 4) is 0 Å².